The first-order chi connectivity index (χ1) is 13.4. The van der Waals surface area contributed by atoms with Gasteiger partial charge in [0.25, 0.3) is 0 Å². The molecule has 0 saturated carbocycles. The van der Waals surface area contributed by atoms with E-state index in [2.05, 4.69) is 49.9 Å². The predicted molar refractivity (Wildman–Crippen MR) is 117 cm³/mol. The Morgan fingerprint density at radius 2 is 2.07 bits per heavy atom. The summed E-state index contributed by atoms with van der Waals surface area (Å²) in [5.41, 5.74) is 3.48. The number of rotatable bonds is 6. The van der Waals surface area contributed by atoms with E-state index in [-0.39, 0.29) is 5.60 Å². The topological polar surface area (TPSA) is 59.9 Å². The summed E-state index contributed by atoms with van der Waals surface area (Å²) in [6.07, 6.45) is 6.87. The Labute approximate surface area is 170 Å². The summed E-state index contributed by atoms with van der Waals surface area (Å²) < 4.78 is 7.43. The summed E-state index contributed by atoms with van der Waals surface area (Å²) in [7, 11) is 0. The van der Waals surface area contributed by atoms with Gasteiger partial charge in [-0.1, -0.05) is 20.3 Å². The molecule has 28 heavy (non-hydrogen) atoms. The molecule has 0 fully saturated rings. The fourth-order valence-electron chi connectivity index (χ4n) is 3.83. The summed E-state index contributed by atoms with van der Waals surface area (Å²) in [5, 5.41) is 5.96. The molecular formula is C22H30N4OS. The van der Waals surface area contributed by atoms with E-state index in [9.17, 15) is 0 Å². The second-order valence-corrected chi connectivity index (χ2v) is 9.47. The highest BCUT2D eigenvalue weighted by molar-refractivity contribution is 7.25. The first-order valence-electron chi connectivity index (χ1n) is 10.4. The van der Waals surface area contributed by atoms with Crippen molar-refractivity contribution in [2.24, 2.45) is 0 Å². The molecule has 1 aliphatic heterocycles. The van der Waals surface area contributed by atoms with Gasteiger partial charge in [-0.2, -0.15) is 0 Å². The molecular weight excluding hydrogens is 368 g/mol. The number of pyridine rings is 1. The van der Waals surface area contributed by atoms with Gasteiger partial charge in [0.05, 0.1) is 29.0 Å². The minimum absolute atomic E-state index is 0.157. The smallest absolute Gasteiger partial charge is 0.139 e. The molecule has 0 radical (unpaired) electrons. The molecule has 150 valence electrons. The number of thiophene rings is 1. The molecule has 1 N–H and O–H groups in total. The van der Waals surface area contributed by atoms with Crippen molar-refractivity contribution in [2.45, 2.75) is 85.0 Å². The number of aryl methyl sites for hydroxylation is 1. The quantitative estimate of drug-likeness (QED) is 0.582. The van der Waals surface area contributed by atoms with E-state index >= 15 is 0 Å². The highest BCUT2D eigenvalue weighted by Gasteiger charge is 2.31. The minimum Gasteiger partial charge on any atom is -0.370 e. The van der Waals surface area contributed by atoms with Gasteiger partial charge in [0.2, 0.25) is 0 Å². The van der Waals surface area contributed by atoms with Gasteiger partial charge in [0.15, 0.2) is 0 Å². The number of hydrogen-bond acceptors (Lipinski definition) is 6. The van der Waals surface area contributed by atoms with Gasteiger partial charge in [-0.15, -0.1) is 11.3 Å². The molecule has 6 heteroatoms. The number of aromatic nitrogens is 3. The molecule has 0 amide bonds. The van der Waals surface area contributed by atoms with Crippen LogP contribution in [0, 0.1) is 0 Å². The highest BCUT2D eigenvalue weighted by Crippen LogP contribution is 2.43. The van der Waals surface area contributed by atoms with Crippen LogP contribution >= 0.6 is 11.3 Å². The summed E-state index contributed by atoms with van der Waals surface area (Å²) in [6, 6.07) is 0.363. The number of fused-ring (bicyclic) bond motifs is 5. The zero-order chi connectivity index (χ0) is 19.9. The maximum Gasteiger partial charge on any atom is 0.139 e. The number of anilines is 1. The summed E-state index contributed by atoms with van der Waals surface area (Å²) in [6.45, 7) is 11.5. The monoisotopic (exact) mass is 398 g/mol. The Hall–Kier alpha value is -1.79. The van der Waals surface area contributed by atoms with Crippen LogP contribution in [-0.2, 0) is 24.2 Å². The number of nitrogens with one attached hydrogen (secondary N) is 1. The summed E-state index contributed by atoms with van der Waals surface area (Å²) >= 11 is 1.76. The van der Waals surface area contributed by atoms with Crippen LogP contribution in [0.15, 0.2) is 6.33 Å². The number of ether oxygens (including phenoxy) is 1. The lowest BCUT2D eigenvalue weighted by atomic mass is 9.94. The van der Waals surface area contributed by atoms with Crippen LogP contribution in [0.4, 0.5) is 5.82 Å². The SMILES string of the molecule is CCCCc1nc2c(c3sc4ncnc(NC(C)CC)c4c13)COC(C)(C)C2. The van der Waals surface area contributed by atoms with Crippen molar-refractivity contribution in [2.75, 3.05) is 5.32 Å². The second kappa shape index (κ2) is 7.56. The third-order valence-corrected chi connectivity index (χ3v) is 6.79. The van der Waals surface area contributed by atoms with Crippen molar-refractivity contribution < 1.29 is 4.74 Å². The summed E-state index contributed by atoms with van der Waals surface area (Å²) in [5.74, 6) is 0.933. The van der Waals surface area contributed by atoms with Crippen LogP contribution < -0.4 is 5.32 Å². The Balaban J connectivity index is 1.98. The lowest BCUT2D eigenvalue weighted by Crippen LogP contribution is -2.32. The second-order valence-electron chi connectivity index (χ2n) is 8.47. The molecule has 5 nitrogen and oxygen atoms in total. The van der Waals surface area contributed by atoms with Gasteiger partial charge in [-0.25, -0.2) is 9.97 Å². The van der Waals surface area contributed by atoms with Crippen molar-refractivity contribution >= 4 is 37.5 Å². The molecule has 0 saturated heterocycles. The number of unbranched alkanes of at least 4 members (excludes halogenated alkanes) is 1. The Kier molecular flexibility index (Phi) is 5.27. The number of hydrogen-bond donors (Lipinski definition) is 1. The lowest BCUT2D eigenvalue weighted by molar-refractivity contribution is -0.0405. The Morgan fingerprint density at radius 1 is 1.25 bits per heavy atom. The molecule has 3 aromatic rings. The molecule has 1 aliphatic rings. The van der Waals surface area contributed by atoms with Crippen LogP contribution in [0.2, 0.25) is 0 Å². The third kappa shape index (κ3) is 3.48. The molecule has 3 aromatic heterocycles. The minimum atomic E-state index is -0.157. The molecule has 1 atom stereocenters. The van der Waals surface area contributed by atoms with Crippen LogP contribution in [0.1, 0.15) is 70.8 Å². The van der Waals surface area contributed by atoms with Gasteiger partial charge in [-0.05, 0) is 40.0 Å². The third-order valence-electron chi connectivity index (χ3n) is 5.63. The van der Waals surface area contributed by atoms with E-state index in [0.29, 0.717) is 12.6 Å². The number of nitrogens with zero attached hydrogens (tertiary/aromatic N) is 3. The molecule has 1 unspecified atom stereocenters. The van der Waals surface area contributed by atoms with E-state index in [1.165, 1.54) is 27.0 Å². The van der Waals surface area contributed by atoms with Gasteiger partial charge in [0.1, 0.15) is 17.0 Å². The summed E-state index contributed by atoms with van der Waals surface area (Å²) in [4.78, 5) is 15.4. The van der Waals surface area contributed by atoms with E-state index < -0.39 is 0 Å². The van der Waals surface area contributed by atoms with Crippen LogP contribution in [0.5, 0.6) is 0 Å². The Bertz CT molecular complexity index is 1010. The van der Waals surface area contributed by atoms with Crippen molar-refractivity contribution in [3.8, 4) is 0 Å². The van der Waals surface area contributed by atoms with E-state index in [4.69, 9.17) is 9.72 Å². The van der Waals surface area contributed by atoms with Crippen molar-refractivity contribution in [3.63, 3.8) is 0 Å². The molecule has 0 bridgehead atoms. The van der Waals surface area contributed by atoms with Crippen LogP contribution in [0.25, 0.3) is 20.3 Å². The molecule has 0 aromatic carbocycles. The zero-order valence-corrected chi connectivity index (χ0v) is 18.4. The van der Waals surface area contributed by atoms with Crippen LogP contribution in [-0.4, -0.2) is 26.6 Å². The van der Waals surface area contributed by atoms with E-state index in [1.54, 1.807) is 17.7 Å². The van der Waals surface area contributed by atoms with E-state index in [0.717, 1.165) is 48.1 Å². The molecule has 4 rings (SSSR count). The average molecular weight is 399 g/mol. The normalized spacial score (nSPS) is 17.0. The standard InChI is InChI=1S/C22H30N4OS/c1-6-8-9-15-17-18-20(25-13(3)7-2)23-12-24-21(18)28-19(17)14-11-27-22(4,5)10-16(14)26-15/h12-13H,6-11H2,1-5H3,(H,23,24,25). The van der Waals surface area contributed by atoms with Crippen molar-refractivity contribution in [1.82, 2.24) is 15.0 Å². The predicted octanol–water partition coefficient (Wildman–Crippen LogP) is 5.64. The lowest BCUT2D eigenvalue weighted by Gasteiger charge is -2.31. The van der Waals surface area contributed by atoms with Gasteiger partial charge >= 0.3 is 0 Å². The molecule has 0 spiro atoms. The van der Waals surface area contributed by atoms with Gasteiger partial charge in [-0.3, -0.25) is 4.98 Å². The van der Waals surface area contributed by atoms with Gasteiger partial charge in [0, 0.05) is 28.1 Å². The van der Waals surface area contributed by atoms with Crippen molar-refractivity contribution in [1.29, 1.82) is 0 Å². The van der Waals surface area contributed by atoms with Gasteiger partial charge < -0.3 is 10.1 Å². The maximum atomic E-state index is 6.14. The molecule has 0 aliphatic carbocycles. The van der Waals surface area contributed by atoms with Crippen LogP contribution in [0.3, 0.4) is 0 Å². The first kappa shape index (κ1) is 19.5. The van der Waals surface area contributed by atoms with E-state index in [1.807, 2.05) is 0 Å². The Morgan fingerprint density at radius 3 is 2.82 bits per heavy atom. The molecule has 4 heterocycles. The van der Waals surface area contributed by atoms with Crippen molar-refractivity contribution in [3.05, 3.63) is 23.3 Å². The maximum absolute atomic E-state index is 6.14. The first-order valence-corrected chi connectivity index (χ1v) is 11.2. The zero-order valence-electron chi connectivity index (χ0n) is 17.6. The fraction of sp³-hybridized carbons (Fsp3) is 0.591. The average Bonchev–Trinajstić information content (AvgIpc) is 3.05. The largest absolute Gasteiger partial charge is 0.370 e. The highest BCUT2D eigenvalue weighted by atomic mass is 32.1. The fourth-order valence-corrected chi connectivity index (χ4v) is 5.04.